The topological polar surface area (TPSA) is 50.4 Å². The first-order chi connectivity index (χ1) is 8.56. The molecule has 1 N–H and O–H groups in total. The Balaban J connectivity index is 2.61. The Labute approximate surface area is 103 Å². The second kappa shape index (κ2) is 3.60. The molecule has 1 heterocycles. The molecule has 0 aliphatic rings. The van der Waals surface area contributed by atoms with Crippen molar-refractivity contribution in [3.05, 3.63) is 51.7 Å². The lowest BCUT2D eigenvalue weighted by atomic mass is 10.1. The van der Waals surface area contributed by atoms with Gasteiger partial charge >= 0.3 is 0 Å². The molecule has 3 heteroatoms. The van der Waals surface area contributed by atoms with E-state index < -0.39 is 0 Å². The van der Waals surface area contributed by atoms with Gasteiger partial charge in [-0.25, -0.2) is 0 Å². The second-order valence-electron chi connectivity index (χ2n) is 4.59. The van der Waals surface area contributed by atoms with Crippen molar-refractivity contribution in [3.8, 4) is 5.75 Å². The van der Waals surface area contributed by atoms with E-state index in [-0.39, 0.29) is 16.6 Å². The van der Waals surface area contributed by atoms with Crippen LogP contribution in [0.25, 0.3) is 21.9 Å². The van der Waals surface area contributed by atoms with Gasteiger partial charge in [0.2, 0.25) is 5.43 Å². The van der Waals surface area contributed by atoms with Gasteiger partial charge in [-0.2, -0.15) is 0 Å². The third-order valence-corrected chi connectivity index (χ3v) is 3.05. The first kappa shape index (κ1) is 10.8. The number of aryl methyl sites for hydroxylation is 2. The van der Waals surface area contributed by atoms with E-state index in [1.165, 1.54) is 0 Å². The summed E-state index contributed by atoms with van der Waals surface area (Å²) >= 11 is 0. The molecule has 3 nitrogen and oxygen atoms in total. The minimum absolute atomic E-state index is 0.0266. The summed E-state index contributed by atoms with van der Waals surface area (Å²) in [5.41, 5.74) is 2.67. The molecule has 2 aromatic carbocycles. The van der Waals surface area contributed by atoms with Crippen molar-refractivity contribution in [2.75, 3.05) is 0 Å². The molecule has 0 spiro atoms. The largest absolute Gasteiger partial charge is 0.507 e. The molecule has 0 saturated carbocycles. The van der Waals surface area contributed by atoms with E-state index in [9.17, 15) is 9.90 Å². The molecule has 0 aliphatic carbocycles. The number of aromatic hydroxyl groups is 1. The normalized spacial score (nSPS) is 11.2. The molecule has 0 atom stereocenters. The standard InChI is InChI=1S/C15H12O3/c1-8-3-4-10-12(6-8)18-13-7-9(2)5-11(16)14(13)15(10)17/h3-7,16H,1-2H3. The maximum Gasteiger partial charge on any atom is 0.204 e. The zero-order valence-corrected chi connectivity index (χ0v) is 10.2. The van der Waals surface area contributed by atoms with Crippen molar-refractivity contribution in [1.82, 2.24) is 0 Å². The Kier molecular flexibility index (Phi) is 2.17. The molecule has 1 aromatic heterocycles. The monoisotopic (exact) mass is 240 g/mol. The number of phenols is 1. The second-order valence-corrected chi connectivity index (χ2v) is 4.59. The fourth-order valence-corrected chi connectivity index (χ4v) is 2.20. The molecular formula is C15H12O3. The van der Waals surface area contributed by atoms with Crippen LogP contribution in [0.15, 0.2) is 39.5 Å². The van der Waals surface area contributed by atoms with Crippen molar-refractivity contribution in [2.24, 2.45) is 0 Å². The van der Waals surface area contributed by atoms with E-state index in [2.05, 4.69) is 0 Å². The Morgan fingerprint density at radius 1 is 1.00 bits per heavy atom. The van der Waals surface area contributed by atoms with E-state index in [1.54, 1.807) is 18.2 Å². The fourth-order valence-electron chi connectivity index (χ4n) is 2.20. The lowest BCUT2D eigenvalue weighted by Crippen LogP contribution is -2.02. The Hall–Kier alpha value is -2.29. The van der Waals surface area contributed by atoms with Gasteiger partial charge in [0.05, 0.1) is 5.39 Å². The molecule has 18 heavy (non-hydrogen) atoms. The molecule has 0 aliphatic heterocycles. The zero-order valence-electron chi connectivity index (χ0n) is 10.2. The molecule has 0 saturated heterocycles. The lowest BCUT2D eigenvalue weighted by molar-refractivity contribution is 0.480. The minimum atomic E-state index is -0.191. The SMILES string of the molecule is Cc1ccc2c(=O)c3c(O)cc(C)cc3oc2c1. The molecular weight excluding hydrogens is 228 g/mol. The predicted octanol–water partition coefficient (Wildman–Crippen LogP) is 3.27. The molecule has 3 rings (SSSR count). The van der Waals surface area contributed by atoms with Gasteiger partial charge in [-0.1, -0.05) is 6.07 Å². The Morgan fingerprint density at radius 3 is 2.50 bits per heavy atom. The molecule has 0 amide bonds. The van der Waals surface area contributed by atoms with Gasteiger partial charge < -0.3 is 9.52 Å². The molecule has 0 fully saturated rings. The van der Waals surface area contributed by atoms with E-state index in [0.29, 0.717) is 16.6 Å². The molecule has 0 bridgehead atoms. The van der Waals surface area contributed by atoms with Crippen LogP contribution >= 0.6 is 0 Å². The predicted molar refractivity (Wildman–Crippen MR) is 71.1 cm³/mol. The highest BCUT2D eigenvalue weighted by atomic mass is 16.3. The third-order valence-electron chi connectivity index (χ3n) is 3.05. The first-order valence-corrected chi connectivity index (χ1v) is 5.73. The summed E-state index contributed by atoms with van der Waals surface area (Å²) in [6.45, 7) is 3.79. The average molecular weight is 240 g/mol. The fraction of sp³-hybridized carbons (Fsp3) is 0.133. The van der Waals surface area contributed by atoms with Crippen molar-refractivity contribution in [3.63, 3.8) is 0 Å². The number of hydrogen-bond acceptors (Lipinski definition) is 3. The van der Waals surface area contributed by atoms with E-state index in [4.69, 9.17) is 4.42 Å². The quantitative estimate of drug-likeness (QED) is 0.613. The van der Waals surface area contributed by atoms with Crippen molar-refractivity contribution >= 4 is 21.9 Å². The van der Waals surface area contributed by atoms with Crippen LogP contribution in [0.3, 0.4) is 0 Å². The summed E-state index contributed by atoms with van der Waals surface area (Å²) in [5.74, 6) is -0.0266. The average Bonchev–Trinajstić information content (AvgIpc) is 2.27. The van der Waals surface area contributed by atoms with Gasteiger partial charge in [-0.15, -0.1) is 0 Å². The summed E-state index contributed by atoms with van der Waals surface area (Å²) in [5, 5.41) is 10.6. The summed E-state index contributed by atoms with van der Waals surface area (Å²) in [6.07, 6.45) is 0. The lowest BCUT2D eigenvalue weighted by Gasteiger charge is -2.05. The molecule has 3 aromatic rings. The number of rotatable bonds is 0. The van der Waals surface area contributed by atoms with Crippen LogP contribution in [0.4, 0.5) is 0 Å². The smallest absolute Gasteiger partial charge is 0.204 e. The summed E-state index contributed by atoms with van der Waals surface area (Å²) in [6, 6.07) is 8.75. The third kappa shape index (κ3) is 1.48. The van der Waals surface area contributed by atoms with Crippen LogP contribution in [0.5, 0.6) is 5.75 Å². The van der Waals surface area contributed by atoms with Crippen molar-refractivity contribution in [2.45, 2.75) is 13.8 Å². The maximum absolute atomic E-state index is 12.3. The summed E-state index contributed by atoms with van der Waals surface area (Å²) in [7, 11) is 0. The van der Waals surface area contributed by atoms with Gasteiger partial charge in [-0.05, 0) is 49.2 Å². The highest BCUT2D eigenvalue weighted by molar-refractivity contribution is 5.93. The Morgan fingerprint density at radius 2 is 1.72 bits per heavy atom. The van der Waals surface area contributed by atoms with E-state index in [0.717, 1.165) is 11.1 Å². The number of hydrogen-bond donors (Lipinski definition) is 1. The summed E-state index contributed by atoms with van der Waals surface area (Å²) < 4.78 is 5.71. The van der Waals surface area contributed by atoms with Crippen molar-refractivity contribution < 1.29 is 9.52 Å². The van der Waals surface area contributed by atoms with Crippen LogP contribution in [0.1, 0.15) is 11.1 Å². The van der Waals surface area contributed by atoms with E-state index in [1.807, 2.05) is 26.0 Å². The summed E-state index contributed by atoms with van der Waals surface area (Å²) in [4.78, 5) is 12.3. The molecule has 0 radical (unpaired) electrons. The van der Waals surface area contributed by atoms with Crippen LogP contribution in [-0.2, 0) is 0 Å². The zero-order chi connectivity index (χ0) is 12.9. The van der Waals surface area contributed by atoms with Gasteiger partial charge in [0.15, 0.2) is 0 Å². The van der Waals surface area contributed by atoms with E-state index >= 15 is 0 Å². The highest BCUT2D eigenvalue weighted by Gasteiger charge is 2.11. The molecule has 90 valence electrons. The first-order valence-electron chi connectivity index (χ1n) is 5.73. The number of fused-ring (bicyclic) bond motifs is 2. The Bertz CT molecular complexity index is 828. The maximum atomic E-state index is 12.3. The van der Waals surface area contributed by atoms with Crippen LogP contribution in [-0.4, -0.2) is 5.11 Å². The minimum Gasteiger partial charge on any atom is -0.507 e. The van der Waals surface area contributed by atoms with Gasteiger partial charge in [-0.3, -0.25) is 4.79 Å². The van der Waals surface area contributed by atoms with Crippen LogP contribution in [0.2, 0.25) is 0 Å². The van der Waals surface area contributed by atoms with Gasteiger partial charge in [0.25, 0.3) is 0 Å². The number of benzene rings is 2. The van der Waals surface area contributed by atoms with Gasteiger partial charge in [0, 0.05) is 0 Å². The van der Waals surface area contributed by atoms with Crippen LogP contribution in [0, 0.1) is 13.8 Å². The van der Waals surface area contributed by atoms with Crippen LogP contribution < -0.4 is 5.43 Å². The van der Waals surface area contributed by atoms with Gasteiger partial charge in [0.1, 0.15) is 22.3 Å². The molecule has 0 unspecified atom stereocenters. The van der Waals surface area contributed by atoms with Crippen molar-refractivity contribution in [1.29, 1.82) is 0 Å². The number of phenolic OH excluding ortho intramolecular Hbond substituents is 1. The highest BCUT2D eigenvalue weighted by Crippen LogP contribution is 2.27.